The van der Waals surface area contributed by atoms with Gasteiger partial charge in [-0.15, -0.1) is 11.3 Å². The maximum Gasteiger partial charge on any atom is 0.266 e. The average molecular weight is 468 g/mol. The van der Waals surface area contributed by atoms with E-state index < -0.39 is 9.84 Å². The summed E-state index contributed by atoms with van der Waals surface area (Å²) >= 11 is 13.9. The highest BCUT2D eigenvalue weighted by Crippen LogP contribution is 2.37. The first-order valence-electron chi connectivity index (χ1n) is 9.18. The predicted octanol–water partition coefficient (Wildman–Crippen LogP) is 5.35. The van der Waals surface area contributed by atoms with E-state index in [0.717, 1.165) is 21.2 Å². The Morgan fingerprint density at radius 3 is 2.55 bits per heavy atom. The van der Waals surface area contributed by atoms with Gasteiger partial charge >= 0.3 is 0 Å². The van der Waals surface area contributed by atoms with E-state index in [1.54, 1.807) is 17.0 Å². The summed E-state index contributed by atoms with van der Waals surface area (Å²) in [6.07, 6.45) is 0.434. The summed E-state index contributed by atoms with van der Waals surface area (Å²) in [4.78, 5) is 15.6. The van der Waals surface area contributed by atoms with Crippen molar-refractivity contribution in [1.82, 2.24) is 4.90 Å². The maximum atomic E-state index is 13.5. The molecule has 1 aliphatic heterocycles. The number of benzene rings is 2. The Balaban J connectivity index is 1.73. The van der Waals surface area contributed by atoms with Gasteiger partial charge in [0.25, 0.3) is 5.91 Å². The third-order valence-corrected chi connectivity index (χ3v) is 8.80. The van der Waals surface area contributed by atoms with Gasteiger partial charge in [0, 0.05) is 27.7 Å². The molecule has 0 saturated carbocycles. The molecule has 1 fully saturated rings. The standard InChI is InChI=1S/C21H19Cl2NO3S2/c1-13-2-7-17-18(10-13)28-20(19(17)23)21(25)24(16-8-9-29(26,27)12-16)11-14-3-5-15(22)6-4-14/h2-7,10,16H,8-9,11-12H2,1H3. The van der Waals surface area contributed by atoms with Crippen molar-refractivity contribution in [2.24, 2.45) is 0 Å². The molecule has 0 aliphatic carbocycles. The fraction of sp³-hybridized carbons (Fsp3) is 0.286. The first-order valence-corrected chi connectivity index (χ1v) is 12.6. The SMILES string of the molecule is Cc1ccc2c(Cl)c(C(=O)N(Cc3ccc(Cl)cc3)C3CCS(=O)(=O)C3)sc2c1. The van der Waals surface area contributed by atoms with Gasteiger partial charge in [0.1, 0.15) is 4.88 Å². The summed E-state index contributed by atoms with van der Waals surface area (Å²) in [5, 5.41) is 1.88. The van der Waals surface area contributed by atoms with Gasteiger partial charge in [-0.1, -0.05) is 47.5 Å². The van der Waals surface area contributed by atoms with Crippen LogP contribution < -0.4 is 0 Å². The number of nitrogens with zero attached hydrogens (tertiary/aromatic N) is 1. The van der Waals surface area contributed by atoms with E-state index in [2.05, 4.69) is 0 Å². The number of amides is 1. The molecule has 1 unspecified atom stereocenters. The minimum Gasteiger partial charge on any atom is -0.330 e. The molecule has 3 aromatic rings. The molecule has 1 atom stereocenters. The van der Waals surface area contributed by atoms with E-state index in [9.17, 15) is 13.2 Å². The van der Waals surface area contributed by atoms with Crippen LogP contribution in [-0.2, 0) is 16.4 Å². The van der Waals surface area contributed by atoms with Crippen molar-refractivity contribution in [2.45, 2.75) is 25.9 Å². The fourth-order valence-electron chi connectivity index (χ4n) is 3.61. The number of aryl methyl sites for hydroxylation is 1. The predicted molar refractivity (Wildman–Crippen MR) is 120 cm³/mol. The zero-order chi connectivity index (χ0) is 20.8. The number of rotatable bonds is 4. The van der Waals surface area contributed by atoms with Crippen LogP contribution in [0.4, 0.5) is 0 Å². The molecule has 0 N–H and O–H groups in total. The fourth-order valence-corrected chi connectivity index (χ4v) is 7.04. The monoisotopic (exact) mass is 467 g/mol. The van der Waals surface area contributed by atoms with Crippen LogP contribution in [0.3, 0.4) is 0 Å². The molecule has 152 valence electrons. The van der Waals surface area contributed by atoms with Crippen molar-refractivity contribution in [2.75, 3.05) is 11.5 Å². The Morgan fingerprint density at radius 1 is 1.17 bits per heavy atom. The Hall–Kier alpha value is -1.60. The van der Waals surface area contributed by atoms with Crippen LogP contribution in [0.25, 0.3) is 10.1 Å². The third kappa shape index (κ3) is 4.31. The number of carbonyl (C=O) groups is 1. The largest absolute Gasteiger partial charge is 0.330 e. The van der Waals surface area contributed by atoms with Crippen LogP contribution in [-0.4, -0.2) is 36.8 Å². The second kappa shape index (κ2) is 7.91. The van der Waals surface area contributed by atoms with E-state index in [4.69, 9.17) is 23.2 Å². The van der Waals surface area contributed by atoms with Crippen LogP contribution in [0.2, 0.25) is 10.0 Å². The molecule has 1 aliphatic rings. The van der Waals surface area contributed by atoms with Gasteiger partial charge in [0.2, 0.25) is 0 Å². The van der Waals surface area contributed by atoms with Crippen LogP contribution in [0.15, 0.2) is 42.5 Å². The maximum absolute atomic E-state index is 13.5. The highest BCUT2D eigenvalue weighted by atomic mass is 35.5. The number of hydrogen-bond donors (Lipinski definition) is 0. The van der Waals surface area contributed by atoms with E-state index >= 15 is 0 Å². The minimum atomic E-state index is -3.14. The number of hydrogen-bond acceptors (Lipinski definition) is 4. The first kappa shape index (κ1) is 20.7. The lowest BCUT2D eigenvalue weighted by molar-refractivity contribution is 0.0686. The van der Waals surface area contributed by atoms with Crippen LogP contribution in [0.1, 0.15) is 27.2 Å². The van der Waals surface area contributed by atoms with Gasteiger partial charge in [0.05, 0.1) is 16.5 Å². The molecule has 1 aromatic heterocycles. The summed E-state index contributed by atoms with van der Waals surface area (Å²) < 4.78 is 25.1. The number of thiophene rings is 1. The summed E-state index contributed by atoms with van der Waals surface area (Å²) in [6, 6.07) is 12.7. The number of carbonyl (C=O) groups excluding carboxylic acids is 1. The molecule has 4 nitrogen and oxygen atoms in total. The molecular weight excluding hydrogens is 449 g/mol. The molecule has 4 rings (SSSR count). The smallest absolute Gasteiger partial charge is 0.266 e. The summed E-state index contributed by atoms with van der Waals surface area (Å²) in [7, 11) is -3.14. The summed E-state index contributed by atoms with van der Waals surface area (Å²) in [5.74, 6) is -0.152. The Kier molecular flexibility index (Phi) is 5.64. The molecule has 0 radical (unpaired) electrons. The zero-order valence-corrected chi connectivity index (χ0v) is 18.8. The van der Waals surface area contributed by atoms with Crippen LogP contribution >= 0.6 is 34.5 Å². The van der Waals surface area contributed by atoms with Crippen molar-refractivity contribution in [3.63, 3.8) is 0 Å². The van der Waals surface area contributed by atoms with Gasteiger partial charge in [-0.2, -0.15) is 0 Å². The van der Waals surface area contributed by atoms with E-state index in [-0.39, 0.29) is 23.5 Å². The number of sulfone groups is 1. The van der Waals surface area contributed by atoms with Crippen molar-refractivity contribution in [3.05, 3.63) is 68.5 Å². The molecule has 2 aromatic carbocycles. The van der Waals surface area contributed by atoms with Crippen molar-refractivity contribution >= 4 is 60.4 Å². The minimum absolute atomic E-state index is 0.0199. The van der Waals surface area contributed by atoms with Crippen LogP contribution in [0, 0.1) is 6.92 Å². The first-order chi connectivity index (χ1) is 13.7. The van der Waals surface area contributed by atoms with E-state index in [1.165, 1.54) is 11.3 Å². The molecule has 29 heavy (non-hydrogen) atoms. The molecule has 0 spiro atoms. The second-order valence-corrected chi connectivity index (χ2v) is 11.5. The van der Waals surface area contributed by atoms with Gasteiger partial charge in [-0.05, 0) is 42.7 Å². The zero-order valence-electron chi connectivity index (χ0n) is 15.7. The molecular formula is C21H19Cl2NO3S2. The molecule has 8 heteroatoms. The van der Waals surface area contributed by atoms with Gasteiger partial charge < -0.3 is 4.90 Å². The van der Waals surface area contributed by atoms with Gasteiger partial charge in [-0.3, -0.25) is 4.79 Å². The van der Waals surface area contributed by atoms with E-state index in [1.807, 2.05) is 37.3 Å². The van der Waals surface area contributed by atoms with Gasteiger partial charge in [0.15, 0.2) is 9.84 Å². The summed E-state index contributed by atoms with van der Waals surface area (Å²) in [6.45, 7) is 2.30. The third-order valence-electron chi connectivity index (χ3n) is 5.16. The lowest BCUT2D eigenvalue weighted by atomic mass is 10.1. The molecule has 1 saturated heterocycles. The number of halogens is 2. The quantitative estimate of drug-likeness (QED) is 0.519. The van der Waals surface area contributed by atoms with Crippen LogP contribution in [0.5, 0.6) is 0 Å². The Labute approximate surface area is 184 Å². The second-order valence-electron chi connectivity index (χ2n) is 7.36. The van der Waals surface area contributed by atoms with Crippen molar-refractivity contribution in [1.29, 1.82) is 0 Å². The highest BCUT2D eigenvalue weighted by molar-refractivity contribution is 7.91. The lowest BCUT2D eigenvalue weighted by Crippen LogP contribution is -2.40. The Bertz CT molecular complexity index is 1190. The van der Waals surface area contributed by atoms with Crippen molar-refractivity contribution in [3.8, 4) is 0 Å². The average Bonchev–Trinajstić information content (AvgIpc) is 3.19. The molecule has 1 amide bonds. The molecule has 2 heterocycles. The summed E-state index contributed by atoms with van der Waals surface area (Å²) in [5.41, 5.74) is 1.98. The number of fused-ring (bicyclic) bond motifs is 1. The van der Waals surface area contributed by atoms with Gasteiger partial charge in [-0.25, -0.2) is 8.42 Å². The molecule has 0 bridgehead atoms. The van der Waals surface area contributed by atoms with E-state index in [0.29, 0.717) is 27.9 Å². The Morgan fingerprint density at radius 2 is 1.90 bits per heavy atom. The highest BCUT2D eigenvalue weighted by Gasteiger charge is 2.36. The van der Waals surface area contributed by atoms with Crippen molar-refractivity contribution < 1.29 is 13.2 Å². The lowest BCUT2D eigenvalue weighted by Gasteiger charge is -2.28. The normalized spacial score (nSPS) is 18.2. The topological polar surface area (TPSA) is 54.5 Å².